The van der Waals surface area contributed by atoms with Gasteiger partial charge in [0, 0.05) is 31.9 Å². The van der Waals surface area contributed by atoms with Crippen LogP contribution >= 0.6 is 11.6 Å². The molecule has 0 bridgehead atoms. The second kappa shape index (κ2) is 8.57. The largest absolute Gasteiger partial charge is 0.381 e. The number of rotatable bonds is 7. The summed E-state index contributed by atoms with van der Waals surface area (Å²) in [6, 6.07) is 5.06. The van der Waals surface area contributed by atoms with Gasteiger partial charge in [-0.25, -0.2) is 4.39 Å². The summed E-state index contributed by atoms with van der Waals surface area (Å²) in [5.74, 6) is -0.333. The highest BCUT2D eigenvalue weighted by Crippen LogP contribution is 2.17. The molecule has 20 heavy (non-hydrogen) atoms. The first-order chi connectivity index (χ1) is 9.77. The predicted molar refractivity (Wildman–Crippen MR) is 77.5 cm³/mol. The minimum absolute atomic E-state index is 0.173. The van der Waals surface area contributed by atoms with Gasteiger partial charge in [-0.3, -0.25) is 0 Å². The van der Waals surface area contributed by atoms with Crippen molar-refractivity contribution in [2.75, 3.05) is 26.4 Å². The van der Waals surface area contributed by atoms with Crippen molar-refractivity contribution in [2.24, 2.45) is 0 Å². The maximum Gasteiger partial charge on any atom is 0.146 e. The van der Waals surface area contributed by atoms with E-state index in [2.05, 4.69) is 5.32 Å². The molecule has 1 heterocycles. The summed E-state index contributed by atoms with van der Waals surface area (Å²) in [6.45, 7) is 3.63. The van der Waals surface area contributed by atoms with Gasteiger partial charge in [0.2, 0.25) is 0 Å². The van der Waals surface area contributed by atoms with Crippen molar-refractivity contribution in [1.29, 1.82) is 0 Å². The highest BCUT2D eigenvalue weighted by molar-refractivity contribution is 6.30. The zero-order valence-electron chi connectivity index (χ0n) is 11.5. The SMILES string of the molecule is Fc1c(Cl)cccc1CNCCCOC1CCOCC1. The number of hydrogen-bond acceptors (Lipinski definition) is 3. The molecule has 1 aromatic rings. The zero-order chi connectivity index (χ0) is 14.2. The van der Waals surface area contributed by atoms with Crippen molar-refractivity contribution in [3.63, 3.8) is 0 Å². The Bertz CT molecular complexity index is 411. The Hall–Kier alpha value is -0.680. The molecule has 3 nitrogen and oxygen atoms in total. The average Bonchev–Trinajstić information content (AvgIpc) is 2.48. The third-order valence-electron chi connectivity index (χ3n) is 3.37. The van der Waals surface area contributed by atoms with E-state index in [9.17, 15) is 4.39 Å². The van der Waals surface area contributed by atoms with E-state index >= 15 is 0 Å². The lowest BCUT2D eigenvalue weighted by Gasteiger charge is -2.22. The quantitative estimate of drug-likeness (QED) is 0.785. The fraction of sp³-hybridized carbons (Fsp3) is 0.600. The first-order valence-corrected chi connectivity index (χ1v) is 7.48. The molecule has 1 aliphatic heterocycles. The topological polar surface area (TPSA) is 30.5 Å². The molecule has 0 aromatic heterocycles. The van der Waals surface area contributed by atoms with Crippen LogP contribution < -0.4 is 5.32 Å². The van der Waals surface area contributed by atoms with Gasteiger partial charge in [-0.05, 0) is 31.9 Å². The molecule has 0 aliphatic carbocycles. The average molecular weight is 302 g/mol. The summed E-state index contributed by atoms with van der Waals surface area (Å²) in [6.07, 6.45) is 3.23. The molecule has 5 heteroatoms. The van der Waals surface area contributed by atoms with Crippen LogP contribution in [0.5, 0.6) is 0 Å². The van der Waals surface area contributed by atoms with Crippen molar-refractivity contribution < 1.29 is 13.9 Å². The molecule has 0 radical (unpaired) electrons. The van der Waals surface area contributed by atoms with Crippen LogP contribution in [0, 0.1) is 5.82 Å². The molecule has 1 N–H and O–H groups in total. The second-order valence-electron chi connectivity index (χ2n) is 4.93. The maximum atomic E-state index is 13.6. The standard InChI is InChI=1S/C15H21ClFNO2/c16-14-4-1-3-12(15(14)17)11-18-7-2-8-20-13-5-9-19-10-6-13/h1,3-4,13,18H,2,5-11H2. The van der Waals surface area contributed by atoms with Crippen molar-refractivity contribution in [1.82, 2.24) is 5.32 Å². The Balaban J connectivity index is 1.56. The fourth-order valence-electron chi connectivity index (χ4n) is 2.20. The minimum Gasteiger partial charge on any atom is -0.381 e. The first-order valence-electron chi connectivity index (χ1n) is 7.10. The van der Waals surface area contributed by atoms with Gasteiger partial charge in [-0.2, -0.15) is 0 Å². The van der Waals surface area contributed by atoms with Crippen LogP contribution in [-0.2, 0) is 16.0 Å². The van der Waals surface area contributed by atoms with Crippen LogP contribution in [0.1, 0.15) is 24.8 Å². The van der Waals surface area contributed by atoms with Crippen LogP contribution in [0.3, 0.4) is 0 Å². The summed E-state index contributed by atoms with van der Waals surface area (Å²) in [5.41, 5.74) is 0.600. The Morgan fingerprint density at radius 2 is 2.15 bits per heavy atom. The number of benzene rings is 1. The summed E-state index contributed by atoms with van der Waals surface area (Å²) >= 11 is 5.73. The van der Waals surface area contributed by atoms with E-state index < -0.39 is 0 Å². The molecule has 1 fully saturated rings. The van der Waals surface area contributed by atoms with Crippen LogP contribution in [0.15, 0.2) is 18.2 Å². The lowest BCUT2D eigenvalue weighted by molar-refractivity contribution is -0.0322. The molecular weight excluding hydrogens is 281 g/mol. The van der Waals surface area contributed by atoms with E-state index in [0.717, 1.165) is 45.6 Å². The highest BCUT2D eigenvalue weighted by Gasteiger charge is 2.13. The summed E-state index contributed by atoms with van der Waals surface area (Å²) in [7, 11) is 0. The summed E-state index contributed by atoms with van der Waals surface area (Å²) < 4.78 is 24.7. The first kappa shape index (κ1) is 15.7. The van der Waals surface area contributed by atoms with Crippen LogP contribution in [0.4, 0.5) is 4.39 Å². The Labute approximate surface area is 124 Å². The lowest BCUT2D eigenvalue weighted by Crippen LogP contribution is -2.25. The van der Waals surface area contributed by atoms with E-state index in [4.69, 9.17) is 21.1 Å². The molecule has 1 aromatic carbocycles. The molecule has 1 saturated heterocycles. The van der Waals surface area contributed by atoms with Gasteiger partial charge in [-0.1, -0.05) is 23.7 Å². The van der Waals surface area contributed by atoms with Gasteiger partial charge >= 0.3 is 0 Å². The van der Waals surface area contributed by atoms with E-state index in [1.807, 2.05) is 0 Å². The molecule has 1 aliphatic rings. The molecule has 0 saturated carbocycles. The number of nitrogens with one attached hydrogen (secondary N) is 1. The summed E-state index contributed by atoms with van der Waals surface area (Å²) in [4.78, 5) is 0. The smallest absolute Gasteiger partial charge is 0.146 e. The van der Waals surface area contributed by atoms with E-state index in [-0.39, 0.29) is 10.8 Å². The number of halogens is 2. The molecule has 0 amide bonds. The second-order valence-corrected chi connectivity index (χ2v) is 5.33. The highest BCUT2D eigenvalue weighted by atomic mass is 35.5. The van der Waals surface area contributed by atoms with Gasteiger partial charge in [0.1, 0.15) is 5.82 Å². The normalized spacial score (nSPS) is 16.5. The van der Waals surface area contributed by atoms with Gasteiger partial charge < -0.3 is 14.8 Å². The third kappa shape index (κ3) is 5.02. The molecule has 2 rings (SSSR count). The fourth-order valence-corrected chi connectivity index (χ4v) is 2.39. The molecule has 0 atom stereocenters. The zero-order valence-corrected chi connectivity index (χ0v) is 12.3. The maximum absolute atomic E-state index is 13.6. The van der Waals surface area contributed by atoms with Crippen molar-refractivity contribution >= 4 is 11.6 Å². The third-order valence-corrected chi connectivity index (χ3v) is 3.66. The Morgan fingerprint density at radius 3 is 2.95 bits per heavy atom. The molecule has 112 valence electrons. The minimum atomic E-state index is -0.333. The molecule has 0 spiro atoms. The monoisotopic (exact) mass is 301 g/mol. The number of ether oxygens (including phenoxy) is 2. The van der Waals surface area contributed by atoms with E-state index in [1.165, 1.54) is 0 Å². The van der Waals surface area contributed by atoms with Crippen molar-refractivity contribution in [2.45, 2.75) is 31.9 Å². The van der Waals surface area contributed by atoms with Gasteiger partial charge in [0.15, 0.2) is 0 Å². The Morgan fingerprint density at radius 1 is 1.35 bits per heavy atom. The summed E-state index contributed by atoms with van der Waals surface area (Å²) in [5, 5.41) is 3.38. The molecule has 0 unspecified atom stereocenters. The molecular formula is C15H21ClFNO2. The van der Waals surface area contributed by atoms with Crippen molar-refractivity contribution in [3.8, 4) is 0 Å². The van der Waals surface area contributed by atoms with Gasteiger partial charge in [0.05, 0.1) is 11.1 Å². The van der Waals surface area contributed by atoms with E-state index in [1.54, 1.807) is 18.2 Å². The predicted octanol–water partition coefficient (Wildman–Crippen LogP) is 3.15. The van der Waals surface area contributed by atoms with E-state index in [0.29, 0.717) is 18.2 Å². The van der Waals surface area contributed by atoms with Crippen molar-refractivity contribution in [3.05, 3.63) is 34.6 Å². The van der Waals surface area contributed by atoms with Gasteiger partial charge in [-0.15, -0.1) is 0 Å². The van der Waals surface area contributed by atoms with Gasteiger partial charge in [0.25, 0.3) is 0 Å². The van der Waals surface area contributed by atoms with Crippen LogP contribution in [-0.4, -0.2) is 32.5 Å². The van der Waals surface area contributed by atoms with Crippen LogP contribution in [0.25, 0.3) is 0 Å². The number of hydrogen-bond donors (Lipinski definition) is 1. The lowest BCUT2D eigenvalue weighted by atomic mass is 10.1. The van der Waals surface area contributed by atoms with Crippen LogP contribution in [0.2, 0.25) is 5.02 Å². The Kier molecular flexibility index (Phi) is 6.73.